The summed E-state index contributed by atoms with van der Waals surface area (Å²) in [4.78, 5) is 14.4. The van der Waals surface area contributed by atoms with Gasteiger partial charge in [0.25, 0.3) is 5.91 Å². The van der Waals surface area contributed by atoms with E-state index in [2.05, 4.69) is 20.8 Å². The Hall–Kier alpha value is -1.31. The number of carbonyl (C=O) groups excluding carboxylic acids is 1. The van der Waals surface area contributed by atoms with Crippen LogP contribution in [0, 0.1) is 0 Å². The fraction of sp³-hybridized carbons (Fsp3) is 0.533. The molecular weight excluding hydrogens is 210 g/mol. The Morgan fingerprint density at radius 3 is 2.41 bits per heavy atom. The predicted molar refractivity (Wildman–Crippen MR) is 72.1 cm³/mol. The van der Waals surface area contributed by atoms with Crippen LogP contribution in [0.25, 0.3) is 0 Å². The number of rotatable bonds is 6. The lowest BCUT2D eigenvalue weighted by Crippen LogP contribution is -2.39. The van der Waals surface area contributed by atoms with E-state index in [1.165, 1.54) is 0 Å². The highest BCUT2D eigenvalue weighted by Crippen LogP contribution is 2.11. The maximum atomic E-state index is 12.4. The molecule has 94 valence electrons. The van der Waals surface area contributed by atoms with Crippen LogP contribution in [0.15, 0.2) is 30.3 Å². The van der Waals surface area contributed by atoms with E-state index in [9.17, 15) is 4.79 Å². The summed E-state index contributed by atoms with van der Waals surface area (Å²) in [7, 11) is 0. The molecule has 2 nitrogen and oxygen atoms in total. The third kappa shape index (κ3) is 3.88. The number of amides is 1. The van der Waals surface area contributed by atoms with E-state index in [1.807, 2.05) is 35.2 Å². The van der Waals surface area contributed by atoms with Crippen LogP contribution in [0.2, 0.25) is 0 Å². The zero-order chi connectivity index (χ0) is 12.7. The van der Waals surface area contributed by atoms with E-state index in [0.717, 1.165) is 31.4 Å². The van der Waals surface area contributed by atoms with Crippen molar-refractivity contribution in [3.8, 4) is 0 Å². The minimum absolute atomic E-state index is 0.161. The van der Waals surface area contributed by atoms with E-state index in [-0.39, 0.29) is 5.91 Å². The van der Waals surface area contributed by atoms with E-state index < -0.39 is 0 Å². The molecule has 17 heavy (non-hydrogen) atoms. The summed E-state index contributed by atoms with van der Waals surface area (Å²) in [5, 5.41) is 0. The largest absolute Gasteiger partial charge is 0.336 e. The molecule has 0 aliphatic heterocycles. The molecule has 0 aliphatic carbocycles. The van der Waals surface area contributed by atoms with Crippen molar-refractivity contribution in [2.75, 3.05) is 6.54 Å². The van der Waals surface area contributed by atoms with Gasteiger partial charge in [-0.2, -0.15) is 0 Å². The first kappa shape index (κ1) is 13.8. The molecule has 1 aromatic rings. The van der Waals surface area contributed by atoms with Gasteiger partial charge in [-0.25, -0.2) is 0 Å². The topological polar surface area (TPSA) is 20.3 Å². The van der Waals surface area contributed by atoms with Crippen molar-refractivity contribution in [3.63, 3.8) is 0 Å². The molecule has 0 radical (unpaired) electrons. The van der Waals surface area contributed by atoms with Crippen LogP contribution in [-0.2, 0) is 0 Å². The Kier molecular flexibility index (Phi) is 5.75. The third-order valence-corrected chi connectivity index (χ3v) is 3.16. The molecule has 1 rings (SSSR count). The first-order valence-corrected chi connectivity index (χ1v) is 6.56. The number of hydrogen-bond donors (Lipinski definition) is 0. The van der Waals surface area contributed by atoms with Crippen LogP contribution in [0.5, 0.6) is 0 Å². The van der Waals surface area contributed by atoms with E-state index in [4.69, 9.17) is 0 Å². The van der Waals surface area contributed by atoms with Gasteiger partial charge in [-0.1, -0.05) is 38.5 Å². The number of hydrogen-bond acceptors (Lipinski definition) is 1. The zero-order valence-electron chi connectivity index (χ0n) is 11.1. The van der Waals surface area contributed by atoms with Crippen molar-refractivity contribution in [2.24, 2.45) is 0 Å². The van der Waals surface area contributed by atoms with Gasteiger partial charge in [0.15, 0.2) is 0 Å². The first-order valence-electron chi connectivity index (χ1n) is 6.56. The fourth-order valence-corrected chi connectivity index (χ4v) is 1.82. The molecule has 0 N–H and O–H groups in total. The van der Waals surface area contributed by atoms with Gasteiger partial charge in [0.05, 0.1) is 0 Å². The molecule has 1 unspecified atom stereocenters. The van der Waals surface area contributed by atoms with Crippen LogP contribution in [0.3, 0.4) is 0 Å². The standard InChI is InChI=1S/C15H23NO/c1-4-6-12-16(13(3)5-2)15(17)14-10-8-7-9-11-14/h7-11,13H,4-6,12H2,1-3H3. The number of unbranched alkanes of at least 4 members (excludes halogenated alkanes) is 1. The van der Waals surface area contributed by atoms with Gasteiger partial charge >= 0.3 is 0 Å². The minimum atomic E-state index is 0.161. The number of nitrogens with zero attached hydrogens (tertiary/aromatic N) is 1. The van der Waals surface area contributed by atoms with Gasteiger partial charge in [0.2, 0.25) is 0 Å². The molecule has 1 amide bonds. The summed E-state index contributed by atoms with van der Waals surface area (Å²) in [5.41, 5.74) is 0.795. The average molecular weight is 233 g/mol. The quantitative estimate of drug-likeness (QED) is 0.733. The van der Waals surface area contributed by atoms with Gasteiger partial charge in [-0.15, -0.1) is 0 Å². The van der Waals surface area contributed by atoms with Crippen LogP contribution in [0.1, 0.15) is 50.4 Å². The maximum Gasteiger partial charge on any atom is 0.254 e. The molecule has 2 heteroatoms. The van der Waals surface area contributed by atoms with Crippen molar-refractivity contribution in [2.45, 2.75) is 46.1 Å². The maximum absolute atomic E-state index is 12.4. The minimum Gasteiger partial charge on any atom is -0.336 e. The van der Waals surface area contributed by atoms with Gasteiger partial charge in [-0.05, 0) is 31.9 Å². The van der Waals surface area contributed by atoms with Crippen LogP contribution in [-0.4, -0.2) is 23.4 Å². The lowest BCUT2D eigenvalue weighted by Gasteiger charge is -2.28. The average Bonchev–Trinajstić information content (AvgIpc) is 2.39. The summed E-state index contributed by atoms with van der Waals surface area (Å²) in [6.45, 7) is 7.26. The molecule has 0 spiro atoms. The SMILES string of the molecule is CCCCN(C(=O)c1ccccc1)C(C)CC. The normalized spacial score (nSPS) is 12.2. The zero-order valence-corrected chi connectivity index (χ0v) is 11.1. The summed E-state index contributed by atoms with van der Waals surface area (Å²) < 4.78 is 0. The highest BCUT2D eigenvalue weighted by molar-refractivity contribution is 5.94. The van der Waals surface area contributed by atoms with Crippen molar-refractivity contribution >= 4 is 5.91 Å². The lowest BCUT2D eigenvalue weighted by atomic mass is 10.1. The highest BCUT2D eigenvalue weighted by atomic mass is 16.2. The summed E-state index contributed by atoms with van der Waals surface area (Å²) in [6, 6.07) is 9.88. The Morgan fingerprint density at radius 1 is 1.24 bits per heavy atom. The second kappa shape index (κ2) is 7.10. The van der Waals surface area contributed by atoms with Gasteiger partial charge < -0.3 is 4.90 Å². The molecule has 1 aromatic carbocycles. The summed E-state index contributed by atoms with van der Waals surface area (Å²) in [5.74, 6) is 0.161. The van der Waals surface area contributed by atoms with Gasteiger partial charge in [0.1, 0.15) is 0 Å². The molecule has 0 saturated carbocycles. The Labute approximate surface area is 105 Å². The van der Waals surface area contributed by atoms with E-state index in [1.54, 1.807) is 0 Å². The monoisotopic (exact) mass is 233 g/mol. The van der Waals surface area contributed by atoms with Crippen molar-refractivity contribution in [1.82, 2.24) is 4.90 Å². The molecule has 0 heterocycles. The highest BCUT2D eigenvalue weighted by Gasteiger charge is 2.19. The Balaban J connectivity index is 2.79. The molecule has 0 aliphatic rings. The summed E-state index contributed by atoms with van der Waals surface area (Å²) in [6.07, 6.45) is 3.19. The second-order valence-electron chi connectivity index (χ2n) is 4.48. The molecule has 0 bridgehead atoms. The summed E-state index contributed by atoms with van der Waals surface area (Å²) >= 11 is 0. The van der Waals surface area contributed by atoms with E-state index >= 15 is 0 Å². The molecular formula is C15H23NO. The second-order valence-corrected chi connectivity index (χ2v) is 4.48. The van der Waals surface area contributed by atoms with Crippen LogP contribution < -0.4 is 0 Å². The third-order valence-electron chi connectivity index (χ3n) is 3.16. The van der Waals surface area contributed by atoms with E-state index in [0.29, 0.717) is 6.04 Å². The van der Waals surface area contributed by atoms with Crippen molar-refractivity contribution in [3.05, 3.63) is 35.9 Å². The lowest BCUT2D eigenvalue weighted by molar-refractivity contribution is 0.0685. The smallest absolute Gasteiger partial charge is 0.254 e. The molecule has 0 fully saturated rings. The van der Waals surface area contributed by atoms with Gasteiger partial charge in [-0.3, -0.25) is 4.79 Å². The predicted octanol–water partition coefficient (Wildman–Crippen LogP) is 3.73. The fourth-order valence-electron chi connectivity index (χ4n) is 1.82. The van der Waals surface area contributed by atoms with Crippen LogP contribution in [0.4, 0.5) is 0 Å². The Morgan fingerprint density at radius 2 is 1.88 bits per heavy atom. The Bertz CT molecular complexity index is 334. The van der Waals surface area contributed by atoms with Crippen LogP contribution >= 0.6 is 0 Å². The number of carbonyl (C=O) groups is 1. The first-order chi connectivity index (χ1) is 8.20. The molecule has 0 saturated heterocycles. The van der Waals surface area contributed by atoms with Crippen molar-refractivity contribution in [1.29, 1.82) is 0 Å². The molecule has 1 atom stereocenters. The van der Waals surface area contributed by atoms with Crippen molar-refractivity contribution < 1.29 is 4.79 Å². The molecule has 0 aromatic heterocycles. The number of benzene rings is 1. The van der Waals surface area contributed by atoms with Gasteiger partial charge in [0, 0.05) is 18.2 Å².